The van der Waals surface area contributed by atoms with Crippen LogP contribution in [0.5, 0.6) is 0 Å². The molecule has 1 saturated heterocycles. The van der Waals surface area contributed by atoms with E-state index < -0.39 is 10.0 Å². The van der Waals surface area contributed by atoms with Gasteiger partial charge in [-0.05, 0) is 44.0 Å². The summed E-state index contributed by atoms with van der Waals surface area (Å²) in [6, 6.07) is 7.49. The minimum atomic E-state index is -3.25. The maximum absolute atomic E-state index is 11.9. The second-order valence-corrected chi connectivity index (χ2v) is 6.31. The Balaban J connectivity index is 2.01. The topological polar surface area (TPSA) is 58.2 Å². The van der Waals surface area contributed by atoms with E-state index in [2.05, 4.69) is 10.0 Å². The predicted molar refractivity (Wildman–Crippen MR) is 69.6 cm³/mol. The van der Waals surface area contributed by atoms with Gasteiger partial charge in [0.2, 0.25) is 10.0 Å². The number of hydrogen-bond acceptors (Lipinski definition) is 3. The molecule has 0 saturated carbocycles. The second kappa shape index (κ2) is 5.06. The van der Waals surface area contributed by atoms with Crippen molar-refractivity contribution in [2.24, 2.45) is 0 Å². The maximum Gasteiger partial charge on any atom is 0.234 e. The van der Waals surface area contributed by atoms with E-state index in [1.807, 2.05) is 25.1 Å². The zero-order valence-corrected chi connectivity index (χ0v) is 10.8. The Kier molecular flexibility index (Phi) is 3.69. The van der Waals surface area contributed by atoms with E-state index in [4.69, 9.17) is 0 Å². The molecular formula is C12H18N2O2S. The van der Waals surface area contributed by atoms with Crippen LogP contribution in [0.1, 0.15) is 18.4 Å². The SMILES string of the molecule is Cc1cccc(NS(=O)(=O)CC2CCCN2)c1. The summed E-state index contributed by atoms with van der Waals surface area (Å²) in [5.74, 6) is 0.154. The molecule has 0 bridgehead atoms. The minimum Gasteiger partial charge on any atom is -0.313 e. The molecule has 1 aliphatic heterocycles. The van der Waals surface area contributed by atoms with Crippen LogP contribution in [-0.2, 0) is 10.0 Å². The fourth-order valence-electron chi connectivity index (χ4n) is 2.09. The standard InChI is InChI=1S/C12H18N2O2S/c1-10-4-2-5-11(8-10)14-17(15,16)9-12-6-3-7-13-12/h2,4-5,8,12-14H,3,6-7,9H2,1H3. The number of rotatable bonds is 4. The number of sulfonamides is 1. The molecule has 1 atom stereocenters. The van der Waals surface area contributed by atoms with E-state index in [1.54, 1.807) is 6.07 Å². The summed E-state index contributed by atoms with van der Waals surface area (Å²) in [5, 5.41) is 3.19. The number of benzene rings is 1. The molecule has 1 aliphatic rings. The number of nitrogens with one attached hydrogen (secondary N) is 2. The predicted octanol–water partition coefficient (Wildman–Crippen LogP) is 1.49. The van der Waals surface area contributed by atoms with Crippen molar-refractivity contribution in [1.29, 1.82) is 0 Å². The Morgan fingerprint density at radius 1 is 1.47 bits per heavy atom. The van der Waals surface area contributed by atoms with Crippen LogP contribution in [0.3, 0.4) is 0 Å². The quantitative estimate of drug-likeness (QED) is 0.856. The molecule has 0 aromatic heterocycles. The van der Waals surface area contributed by atoms with Gasteiger partial charge in [0, 0.05) is 11.7 Å². The first-order valence-corrected chi connectivity index (χ1v) is 7.51. The summed E-state index contributed by atoms with van der Waals surface area (Å²) in [4.78, 5) is 0. The van der Waals surface area contributed by atoms with Crippen molar-refractivity contribution in [3.63, 3.8) is 0 Å². The molecule has 1 aromatic carbocycles. The largest absolute Gasteiger partial charge is 0.313 e. The monoisotopic (exact) mass is 254 g/mol. The summed E-state index contributed by atoms with van der Waals surface area (Å²) in [5.41, 5.74) is 1.69. The van der Waals surface area contributed by atoms with Gasteiger partial charge in [-0.1, -0.05) is 12.1 Å². The average Bonchev–Trinajstić information content (AvgIpc) is 2.68. The molecule has 2 rings (SSSR count). The first kappa shape index (κ1) is 12.4. The summed E-state index contributed by atoms with van der Waals surface area (Å²) in [6.07, 6.45) is 2.00. The molecule has 5 heteroatoms. The highest BCUT2D eigenvalue weighted by Crippen LogP contribution is 2.14. The second-order valence-electron chi connectivity index (χ2n) is 4.55. The highest BCUT2D eigenvalue weighted by atomic mass is 32.2. The Hall–Kier alpha value is -1.07. The molecule has 1 unspecified atom stereocenters. The van der Waals surface area contributed by atoms with Gasteiger partial charge in [-0.25, -0.2) is 8.42 Å². The summed E-state index contributed by atoms with van der Waals surface area (Å²) in [7, 11) is -3.25. The number of aryl methyl sites for hydroxylation is 1. The molecule has 1 heterocycles. The van der Waals surface area contributed by atoms with Gasteiger partial charge < -0.3 is 5.32 Å². The summed E-state index contributed by atoms with van der Waals surface area (Å²) < 4.78 is 26.5. The summed E-state index contributed by atoms with van der Waals surface area (Å²) >= 11 is 0. The van der Waals surface area contributed by atoms with Gasteiger partial charge >= 0.3 is 0 Å². The van der Waals surface area contributed by atoms with Crippen LogP contribution in [0, 0.1) is 6.92 Å². The zero-order chi connectivity index (χ0) is 12.3. The number of anilines is 1. The molecule has 0 spiro atoms. The lowest BCUT2D eigenvalue weighted by Gasteiger charge is -2.12. The Bertz CT molecular complexity index is 479. The maximum atomic E-state index is 11.9. The zero-order valence-electron chi connectivity index (χ0n) is 9.94. The lowest BCUT2D eigenvalue weighted by atomic mass is 10.2. The Labute approximate surface area is 102 Å². The van der Waals surface area contributed by atoms with Gasteiger partial charge in [-0.3, -0.25) is 4.72 Å². The van der Waals surface area contributed by atoms with E-state index in [9.17, 15) is 8.42 Å². The van der Waals surface area contributed by atoms with Gasteiger partial charge in [-0.2, -0.15) is 0 Å². The van der Waals surface area contributed by atoms with E-state index >= 15 is 0 Å². The van der Waals surface area contributed by atoms with Crippen molar-refractivity contribution in [3.8, 4) is 0 Å². The fraction of sp³-hybridized carbons (Fsp3) is 0.500. The van der Waals surface area contributed by atoms with Gasteiger partial charge in [0.15, 0.2) is 0 Å². The molecule has 2 N–H and O–H groups in total. The fourth-order valence-corrected chi connectivity index (χ4v) is 3.48. The third kappa shape index (κ3) is 3.71. The van der Waals surface area contributed by atoms with E-state index in [0.29, 0.717) is 5.69 Å². The Morgan fingerprint density at radius 2 is 2.29 bits per heavy atom. The first-order valence-electron chi connectivity index (χ1n) is 5.86. The van der Waals surface area contributed by atoms with E-state index in [-0.39, 0.29) is 11.8 Å². The number of hydrogen-bond donors (Lipinski definition) is 2. The van der Waals surface area contributed by atoms with Gasteiger partial charge in [-0.15, -0.1) is 0 Å². The molecule has 17 heavy (non-hydrogen) atoms. The molecule has 94 valence electrons. The first-order chi connectivity index (χ1) is 8.05. The van der Waals surface area contributed by atoms with Crippen LogP contribution < -0.4 is 10.0 Å². The van der Waals surface area contributed by atoms with Crippen LogP contribution in [0.15, 0.2) is 24.3 Å². The van der Waals surface area contributed by atoms with Crippen molar-refractivity contribution in [1.82, 2.24) is 5.32 Å². The van der Waals surface area contributed by atoms with Crippen molar-refractivity contribution >= 4 is 15.7 Å². The lowest BCUT2D eigenvalue weighted by molar-refractivity contribution is 0.582. The molecule has 1 aromatic rings. The minimum absolute atomic E-state index is 0.0947. The van der Waals surface area contributed by atoms with Crippen LogP contribution in [0.2, 0.25) is 0 Å². The average molecular weight is 254 g/mol. The smallest absolute Gasteiger partial charge is 0.234 e. The highest BCUT2D eigenvalue weighted by molar-refractivity contribution is 7.92. The van der Waals surface area contributed by atoms with Crippen molar-refractivity contribution in [3.05, 3.63) is 29.8 Å². The molecular weight excluding hydrogens is 236 g/mol. The molecule has 0 radical (unpaired) electrons. The van der Waals surface area contributed by atoms with E-state index in [1.165, 1.54) is 0 Å². The van der Waals surface area contributed by atoms with E-state index in [0.717, 1.165) is 24.9 Å². The molecule has 1 fully saturated rings. The molecule has 0 aliphatic carbocycles. The van der Waals surface area contributed by atoms with Crippen LogP contribution in [0.25, 0.3) is 0 Å². The van der Waals surface area contributed by atoms with Gasteiger partial charge in [0.05, 0.1) is 5.75 Å². The Morgan fingerprint density at radius 3 is 2.94 bits per heavy atom. The van der Waals surface area contributed by atoms with Crippen LogP contribution in [0.4, 0.5) is 5.69 Å². The van der Waals surface area contributed by atoms with Crippen LogP contribution in [-0.4, -0.2) is 26.8 Å². The summed E-state index contributed by atoms with van der Waals surface area (Å²) in [6.45, 7) is 2.86. The highest BCUT2D eigenvalue weighted by Gasteiger charge is 2.21. The third-order valence-corrected chi connectivity index (χ3v) is 4.26. The van der Waals surface area contributed by atoms with Gasteiger partial charge in [0.1, 0.15) is 0 Å². The normalized spacial score (nSPS) is 20.4. The van der Waals surface area contributed by atoms with Crippen molar-refractivity contribution < 1.29 is 8.42 Å². The van der Waals surface area contributed by atoms with Crippen molar-refractivity contribution in [2.75, 3.05) is 17.0 Å². The molecule has 4 nitrogen and oxygen atoms in total. The third-order valence-electron chi connectivity index (χ3n) is 2.87. The van der Waals surface area contributed by atoms with Crippen molar-refractivity contribution in [2.45, 2.75) is 25.8 Å². The lowest BCUT2D eigenvalue weighted by Crippen LogP contribution is -2.32. The van der Waals surface area contributed by atoms with Gasteiger partial charge in [0.25, 0.3) is 0 Å². The molecule has 0 amide bonds. The van der Waals surface area contributed by atoms with Crippen LogP contribution >= 0.6 is 0 Å².